The number of nitrogens with zero attached hydrogens (tertiary/aromatic N) is 1. The average Bonchev–Trinajstić information content (AvgIpc) is 2.64. The number of hydrogen-bond acceptors (Lipinski definition) is 2. The summed E-state index contributed by atoms with van der Waals surface area (Å²) >= 11 is 5.47. The molecule has 0 unspecified atom stereocenters. The van der Waals surface area contributed by atoms with Gasteiger partial charge in [-0.3, -0.25) is 9.69 Å². The Bertz CT molecular complexity index is 468. The van der Waals surface area contributed by atoms with Gasteiger partial charge in [0, 0.05) is 11.6 Å². The second-order valence-electron chi connectivity index (χ2n) is 4.50. The molecule has 1 aromatic carbocycles. The van der Waals surface area contributed by atoms with Crippen molar-refractivity contribution in [3.63, 3.8) is 0 Å². The second kappa shape index (κ2) is 4.08. The number of para-hydroxylation sites is 1. The molecule has 1 amide bonds. The van der Waals surface area contributed by atoms with Crippen molar-refractivity contribution < 1.29 is 4.79 Å². The molecule has 86 valence electrons. The molecule has 0 radical (unpaired) electrons. The molecule has 1 fully saturated rings. The third-order valence-electron chi connectivity index (χ3n) is 3.52. The van der Waals surface area contributed by atoms with Crippen molar-refractivity contribution in [3.05, 3.63) is 42.5 Å². The average molecular weight is 243 g/mol. The van der Waals surface area contributed by atoms with Crippen LogP contribution in [-0.4, -0.2) is 10.9 Å². The first-order chi connectivity index (χ1) is 8.29. The quantitative estimate of drug-likeness (QED) is 0.558. The van der Waals surface area contributed by atoms with Crippen LogP contribution in [-0.2, 0) is 4.79 Å². The Hall–Kier alpha value is -1.48. The van der Waals surface area contributed by atoms with Gasteiger partial charge >= 0.3 is 0 Å². The molecule has 0 saturated carbocycles. The van der Waals surface area contributed by atoms with E-state index in [0.29, 0.717) is 0 Å². The lowest BCUT2D eigenvalue weighted by atomic mass is 9.86. The van der Waals surface area contributed by atoms with Crippen molar-refractivity contribution in [1.82, 2.24) is 0 Å². The van der Waals surface area contributed by atoms with Crippen LogP contribution in [0.5, 0.6) is 0 Å². The first kappa shape index (κ1) is 10.7. The molecule has 2 nitrogen and oxygen atoms in total. The van der Waals surface area contributed by atoms with E-state index in [1.165, 1.54) is 0 Å². The lowest BCUT2D eigenvalue weighted by molar-refractivity contribution is -0.120. The fourth-order valence-corrected chi connectivity index (χ4v) is 3.09. The summed E-state index contributed by atoms with van der Waals surface area (Å²) in [6.45, 7) is 0. The van der Waals surface area contributed by atoms with Gasteiger partial charge in [0.2, 0.25) is 5.91 Å². The standard InChI is InChI=1S/C14H13NOS/c16-13-11-8-4-5-9-12(11)14(17)15(13)10-6-2-1-3-7-10/h1-7,11-12H,8-9H2/t11-,12+/m0/s1. The van der Waals surface area contributed by atoms with Crippen molar-refractivity contribution in [2.24, 2.45) is 11.8 Å². The van der Waals surface area contributed by atoms with Crippen molar-refractivity contribution >= 4 is 28.8 Å². The number of amides is 1. The number of thiocarbonyl (C=S) groups is 1. The highest BCUT2D eigenvalue weighted by Crippen LogP contribution is 2.38. The molecular formula is C14H13NOS. The van der Waals surface area contributed by atoms with E-state index in [2.05, 4.69) is 12.2 Å². The summed E-state index contributed by atoms with van der Waals surface area (Å²) in [7, 11) is 0. The van der Waals surface area contributed by atoms with Gasteiger partial charge in [0.05, 0.1) is 10.9 Å². The Morgan fingerprint density at radius 1 is 1.06 bits per heavy atom. The van der Waals surface area contributed by atoms with Crippen LogP contribution < -0.4 is 4.90 Å². The number of fused-ring (bicyclic) bond motifs is 1. The lowest BCUT2D eigenvalue weighted by Gasteiger charge is -2.17. The van der Waals surface area contributed by atoms with E-state index in [-0.39, 0.29) is 17.7 Å². The Morgan fingerprint density at radius 3 is 2.35 bits per heavy atom. The maximum atomic E-state index is 12.4. The van der Waals surface area contributed by atoms with Crippen molar-refractivity contribution in [3.8, 4) is 0 Å². The normalized spacial score (nSPS) is 27.4. The van der Waals surface area contributed by atoms with Crippen LogP contribution in [0, 0.1) is 11.8 Å². The van der Waals surface area contributed by atoms with E-state index in [1.807, 2.05) is 30.3 Å². The molecule has 3 heteroatoms. The monoisotopic (exact) mass is 243 g/mol. The molecule has 17 heavy (non-hydrogen) atoms. The number of benzene rings is 1. The third-order valence-corrected chi connectivity index (χ3v) is 4.01. The number of allylic oxidation sites excluding steroid dienone is 2. The zero-order chi connectivity index (χ0) is 11.8. The van der Waals surface area contributed by atoms with E-state index in [0.717, 1.165) is 23.5 Å². The van der Waals surface area contributed by atoms with Crippen LogP contribution in [0.25, 0.3) is 0 Å². The van der Waals surface area contributed by atoms with Crippen LogP contribution in [0.3, 0.4) is 0 Å². The molecule has 2 atom stereocenters. The zero-order valence-electron chi connectivity index (χ0n) is 9.37. The summed E-state index contributed by atoms with van der Waals surface area (Å²) in [4.78, 5) is 14.9. The molecule has 1 saturated heterocycles. The van der Waals surface area contributed by atoms with Crippen LogP contribution >= 0.6 is 12.2 Å². The van der Waals surface area contributed by atoms with Gasteiger partial charge in [-0.1, -0.05) is 42.6 Å². The Kier molecular flexibility index (Phi) is 2.56. The Labute approximate surface area is 106 Å². The van der Waals surface area contributed by atoms with E-state index >= 15 is 0 Å². The molecule has 0 spiro atoms. The molecule has 0 N–H and O–H groups in total. The molecule has 1 aromatic rings. The number of hydrogen-bond donors (Lipinski definition) is 0. The highest BCUT2D eigenvalue weighted by molar-refractivity contribution is 7.80. The van der Waals surface area contributed by atoms with Crippen LogP contribution in [0.4, 0.5) is 5.69 Å². The van der Waals surface area contributed by atoms with E-state index < -0.39 is 0 Å². The predicted molar refractivity (Wildman–Crippen MR) is 71.9 cm³/mol. The molecule has 0 bridgehead atoms. The number of anilines is 1. The second-order valence-corrected chi connectivity index (χ2v) is 4.92. The van der Waals surface area contributed by atoms with Gasteiger partial charge in [-0.25, -0.2) is 0 Å². The van der Waals surface area contributed by atoms with Crippen molar-refractivity contribution in [1.29, 1.82) is 0 Å². The molecular weight excluding hydrogens is 230 g/mol. The summed E-state index contributed by atoms with van der Waals surface area (Å²) in [6.07, 6.45) is 5.96. The topological polar surface area (TPSA) is 20.3 Å². The largest absolute Gasteiger partial charge is 0.274 e. The minimum absolute atomic E-state index is 0.0627. The zero-order valence-corrected chi connectivity index (χ0v) is 10.2. The predicted octanol–water partition coefficient (Wildman–Crippen LogP) is 2.94. The molecule has 2 aliphatic rings. The van der Waals surface area contributed by atoms with E-state index in [9.17, 15) is 4.79 Å². The highest BCUT2D eigenvalue weighted by atomic mass is 32.1. The summed E-state index contributed by atoms with van der Waals surface area (Å²) in [5.74, 6) is 0.450. The van der Waals surface area contributed by atoms with Crippen molar-refractivity contribution in [2.45, 2.75) is 12.8 Å². The van der Waals surface area contributed by atoms with Gasteiger partial charge in [0.15, 0.2) is 0 Å². The maximum absolute atomic E-state index is 12.4. The molecule has 1 heterocycles. The van der Waals surface area contributed by atoms with Crippen molar-refractivity contribution in [2.75, 3.05) is 4.90 Å². The molecule has 3 rings (SSSR count). The van der Waals surface area contributed by atoms with Crippen LogP contribution in [0.15, 0.2) is 42.5 Å². The highest BCUT2D eigenvalue weighted by Gasteiger charge is 2.44. The Balaban J connectivity index is 1.98. The third kappa shape index (κ3) is 1.62. The van der Waals surface area contributed by atoms with E-state index in [4.69, 9.17) is 12.2 Å². The van der Waals surface area contributed by atoms with Gasteiger partial charge in [-0.15, -0.1) is 0 Å². The first-order valence-corrected chi connectivity index (χ1v) is 6.28. The molecule has 1 aliphatic heterocycles. The molecule has 0 aromatic heterocycles. The maximum Gasteiger partial charge on any atom is 0.236 e. The van der Waals surface area contributed by atoms with E-state index in [1.54, 1.807) is 4.90 Å². The van der Waals surface area contributed by atoms with Crippen LogP contribution in [0.2, 0.25) is 0 Å². The van der Waals surface area contributed by atoms with Gasteiger partial charge in [0.1, 0.15) is 0 Å². The van der Waals surface area contributed by atoms with Gasteiger partial charge in [-0.2, -0.15) is 0 Å². The minimum atomic E-state index is 0.0627. The summed E-state index contributed by atoms with van der Waals surface area (Å²) in [5.41, 5.74) is 0.900. The number of carbonyl (C=O) groups is 1. The summed E-state index contributed by atoms with van der Waals surface area (Å²) in [5, 5.41) is 0. The number of carbonyl (C=O) groups excluding carboxylic acids is 1. The lowest BCUT2D eigenvalue weighted by Crippen LogP contribution is -2.29. The van der Waals surface area contributed by atoms with Gasteiger partial charge in [0.25, 0.3) is 0 Å². The first-order valence-electron chi connectivity index (χ1n) is 5.87. The summed E-state index contributed by atoms with van der Waals surface area (Å²) < 4.78 is 0. The molecule has 1 aliphatic carbocycles. The smallest absolute Gasteiger partial charge is 0.236 e. The Morgan fingerprint density at radius 2 is 1.71 bits per heavy atom. The summed E-state index contributed by atoms with van der Waals surface area (Å²) in [6, 6.07) is 9.70. The SMILES string of the molecule is O=C1[C@H]2CC=CC[C@H]2C(=S)N1c1ccccc1. The fraction of sp³-hybridized carbons (Fsp3) is 0.286. The van der Waals surface area contributed by atoms with Gasteiger partial charge < -0.3 is 0 Å². The van der Waals surface area contributed by atoms with Crippen LogP contribution in [0.1, 0.15) is 12.8 Å². The number of rotatable bonds is 1. The fourth-order valence-electron chi connectivity index (χ4n) is 2.63. The van der Waals surface area contributed by atoms with Gasteiger partial charge in [-0.05, 0) is 25.0 Å². The minimum Gasteiger partial charge on any atom is -0.274 e.